The van der Waals surface area contributed by atoms with E-state index in [0.717, 1.165) is 21.8 Å². The molecule has 0 N–H and O–H groups in total. The second-order valence-electron chi connectivity index (χ2n) is 6.86. The van der Waals surface area contributed by atoms with Gasteiger partial charge in [-0.3, -0.25) is 9.59 Å². The van der Waals surface area contributed by atoms with Crippen LogP contribution in [0, 0.1) is 19.3 Å². The third kappa shape index (κ3) is 5.59. The lowest BCUT2D eigenvalue weighted by molar-refractivity contribution is -0.131. The predicted octanol–water partition coefficient (Wildman–Crippen LogP) is 1.85. The molecular weight excluding hydrogens is 402 g/mol. The molecule has 0 aliphatic heterocycles. The molecule has 1 aromatic carbocycles. The smallest absolute Gasteiger partial charge is 0.251 e. The number of pyridine rings is 1. The van der Waals surface area contributed by atoms with E-state index in [1.54, 1.807) is 13.8 Å². The zero-order chi connectivity index (χ0) is 22.3. The van der Waals surface area contributed by atoms with Gasteiger partial charge in [-0.15, -0.1) is 6.42 Å². The number of aromatic nitrogens is 1. The van der Waals surface area contributed by atoms with Crippen molar-refractivity contribution < 1.29 is 13.2 Å². The fraction of sp³-hybridized carbons (Fsp3) is 0.364. The Hall–Kier alpha value is -2.89. The molecule has 0 atom stereocenters. The summed E-state index contributed by atoms with van der Waals surface area (Å²) in [7, 11) is -3.74. The number of carbonyl (C=O) groups is 1. The Morgan fingerprint density at radius 3 is 2.30 bits per heavy atom. The molecule has 0 unspecified atom stereocenters. The van der Waals surface area contributed by atoms with Crippen molar-refractivity contribution in [2.45, 2.75) is 38.8 Å². The predicted molar refractivity (Wildman–Crippen MR) is 116 cm³/mol. The molecule has 0 bridgehead atoms. The molecule has 0 spiro atoms. The number of amides is 1. The first-order valence-electron chi connectivity index (χ1n) is 9.70. The lowest BCUT2D eigenvalue weighted by Gasteiger charge is -2.22. The van der Waals surface area contributed by atoms with Gasteiger partial charge in [0, 0.05) is 31.9 Å². The van der Waals surface area contributed by atoms with E-state index < -0.39 is 15.6 Å². The molecule has 8 heteroatoms. The van der Waals surface area contributed by atoms with Crippen molar-refractivity contribution in [2.75, 3.05) is 19.6 Å². The molecule has 30 heavy (non-hydrogen) atoms. The van der Waals surface area contributed by atoms with E-state index in [0.29, 0.717) is 19.6 Å². The minimum Gasteiger partial charge on any atom is -0.326 e. The Bertz CT molecular complexity index is 1080. The van der Waals surface area contributed by atoms with Crippen molar-refractivity contribution >= 4 is 15.9 Å². The molecule has 0 aliphatic carbocycles. The summed E-state index contributed by atoms with van der Waals surface area (Å²) in [6.45, 7) is 6.15. The summed E-state index contributed by atoms with van der Waals surface area (Å²) < 4.78 is 27.9. The van der Waals surface area contributed by atoms with E-state index in [1.807, 2.05) is 31.2 Å². The van der Waals surface area contributed by atoms with Crippen molar-refractivity contribution in [3.8, 4) is 12.3 Å². The highest BCUT2D eigenvalue weighted by molar-refractivity contribution is 7.89. The molecule has 2 aromatic rings. The van der Waals surface area contributed by atoms with Crippen LogP contribution in [0.4, 0.5) is 0 Å². The molecule has 1 heterocycles. The van der Waals surface area contributed by atoms with Gasteiger partial charge in [0.1, 0.15) is 6.54 Å². The summed E-state index contributed by atoms with van der Waals surface area (Å²) in [5, 5.41) is 0. The van der Waals surface area contributed by atoms with Gasteiger partial charge >= 0.3 is 0 Å². The van der Waals surface area contributed by atoms with Gasteiger partial charge in [0.15, 0.2) is 0 Å². The maximum absolute atomic E-state index is 12.8. The summed E-state index contributed by atoms with van der Waals surface area (Å²) in [6.07, 6.45) is 6.63. The van der Waals surface area contributed by atoms with Gasteiger partial charge in [-0.25, -0.2) is 8.42 Å². The highest BCUT2D eigenvalue weighted by Crippen LogP contribution is 2.14. The van der Waals surface area contributed by atoms with Crippen LogP contribution >= 0.6 is 0 Å². The number of nitrogens with zero attached hydrogens (tertiary/aromatic N) is 3. The Morgan fingerprint density at radius 1 is 1.10 bits per heavy atom. The van der Waals surface area contributed by atoms with E-state index in [4.69, 9.17) is 6.42 Å². The summed E-state index contributed by atoms with van der Waals surface area (Å²) in [5.41, 5.74) is 1.55. The first-order chi connectivity index (χ1) is 14.2. The molecule has 1 aromatic heterocycles. The van der Waals surface area contributed by atoms with Gasteiger partial charge in [0.2, 0.25) is 15.9 Å². The minimum atomic E-state index is -3.74. The van der Waals surface area contributed by atoms with Crippen molar-refractivity contribution in [3.63, 3.8) is 0 Å². The average molecular weight is 430 g/mol. The third-order valence-corrected chi connectivity index (χ3v) is 6.77. The quantitative estimate of drug-likeness (QED) is 0.570. The number of rotatable bonds is 9. The highest BCUT2D eigenvalue weighted by atomic mass is 32.2. The first-order valence-corrected chi connectivity index (χ1v) is 11.1. The Balaban J connectivity index is 2.28. The van der Waals surface area contributed by atoms with Crippen molar-refractivity contribution in [1.29, 1.82) is 0 Å². The van der Waals surface area contributed by atoms with Crippen LogP contribution in [0.2, 0.25) is 0 Å². The summed E-state index contributed by atoms with van der Waals surface area (Å²) in [5.74, 6) is 2.09. The number of carbonyl (C=O) groups excluding carboxylic acids is 1. The van der Waals surface area contributed by atoms with Crippen LogP contribution < -0.4 is 5.56 Å². The average Bonchev–Trinajstić information content (AvgIpc) is 2.71. The normalized spacial score (nSPS) is 11.3. The summed E-state index contributed by atoms with van der Waals surface area (Å²) in [4.78, 5) is 26.5. The molecule has 160 valence electrons. The fourth-order valence-corrected chi connectivity index (χ4v) is 4.48. The maximum atomic E-state index is 12.8. The van der Waals surface area contributed by atoms with Crippen molar-refractivity contribution in [1.82, 2.24) is 13.8 Å². The number of sulfonamides is 1. The molecule has 0 radical (unpaired) electrons. The van der Waals surface area contributed by atoms with Crippen LogP contribution in [0.1, 0.15) is 25.0 Å². The molecular formula is C22H27N3O4S. The van der Waals surface area contributed by atoms with Crippen LogP contribution in [-0.2, 0) is 27.9 Å². The Morgan fingerprint density at radius 2 is 1.73 bits per heavy atom. The van der Waals surface area contributed by atoms with Crippen molar-refractivity contribution in [2.24, 2.45) is 0 Å². The maximum Gasteiger partial charge on any atom is 0.251 e. The molecule has 0 fully saturated rings. The largest absolute Gasteiger partial charge is 0.326 e. The summed E-state index contributed by atoms with van der Waals surface area (Å²) >= 11 is 0. The SMILES string of the molecule is C#CCN(Cc1ccc(C)cc1)C(=O)Cn1cc(S(=O)(=O)N(CC)CC)ccc1=O. The number of aryl methyl sites for hydroxylation is 1. The lowest BCUT2D eigenvalue weighted by Crippen LogP contribution is -2.37. The van der Waals surface area contributed by atoms with E-state index >= 15 is 0 Å². The minimum absolute atomic E-state index is 0.0272. The second kappa shape index (κ2) is 10.2. The first kappa shape index (κ1) is 23.4. The van der Waals surface area contributed by atoms with Gasteiger partial charge < -0.3 is 9.47 Å². The van der Waals surface area contributed by atoms with Crippen LogP contribution in [0.5, 0.6) is 0 Å². The van der Waals surface area contributed by atoms with E-state index in [-0.39, 0.29) is 23.9 Å². The van der Waals surface area contributed by atoms with Gasteiger partial charge in [-0.2, -0.15) is 4.31 Å². The van der Waals surface area contributed by atoms with Crippen LogP contribution in [-0.4, -0.2) is 47.7 Å². The van der Waals surface area contributed by atoms with Gasteiger partial charge in [0.25, 0.3) is 5.56 Å². The van der Waals surface area contributed by atoms with Gasteiger partial charge in [-0.1, -0.05) is 49.6 Å². The van der Waals surface area contributed by atoms with Crippen LogP contribution in [0.15, 0.2) is 52.3 Å². The van der Waals surface area contributed by atoms with E-state index in [2.05, 4.69) is 5.92 Å². The van der Waals surface area contributed by atoms with Gasteiger partial charge in [-0.05, 0) is 18.6 Å². The van der Waals surface area contributed by atoms with Crippen molar-refractivity contribution in [3.05, 3.63) is 64.1 Å². The third-order valence-electron chi connectivity index (χ3n) is 4.73. The van der Waals surface area contributed by atoms with E-state index in [9.17, 15) is 18.0 Å². The Labute approximate surface area is 178 Å². The van der Waals surface area contributed by atoms with Gasteiger partial charge in [0.05, 0.1) is 11.4 Å². The zero-order valence-electron chi connectivity index (χ0n) is 17.5. The van der Waals surface area contributed by atoms with Crippen LogP contribution in [0.25, 0.3) is 0 Å². The number of hydrogen-bond acceptors (Lipinski definition) is 4. The zero-order valence-corrected chi connectivity index (χ0v) is 18.4. The van der Waals surface area contributed by atoms with Crippen LogP contribution in [0.3, 0.4) is 0 Å². The lowest BCUT2D eigenvalue weighted by atomic mass is 10.1. The second-order valence-corrected chi connectivity index (χ2v) is 8.80. The molecule has 2 rings (SSSR count). The highest BCUT2D eigenvalue weighted by Gasteiger charge is 2.23. The number of terminal acetylenes is 1. The molecule has 1 amide bonds. The monoisotopic (exact) mass is 429 g/mol. The standard InChI is InChI=1S/C22H27N3O4S/c1-5-14-23(15-19-10-8-18(4)9-11-19)22(27)17-24-16-20(12-13-21(24)26)30(28,29)25(6-2)7-3/h1,8-13,16H,6-7,14-15,17H2,2-4H3. The Kier molecular flexibility index (Phi) is 7.98. The number of benzene rings is 1. The summed E-state index contributed by atoms with van der Waals surface area (Å²) in [6, 6.07) is 10.1. The topological polar surface area (TPSA) is 79.7 Å². The fourth-order valence-electron chi connectivity index (χ4n) is 3.00. The number of hydrogen-bond donors (Lipinski definition) is 0. The molecule has 0 aliphatic rings. The molecule has 7 nitrogen and oxygen atoms in total. The van der Waals surface area contributed by atoms with E-state index in [1.165, 1.54) is 21.5 Å². The molecule has 0 saturated heterocycles. The molecule has 0 saturated carbocycles.